The second-order valence-electron chi connectivity index (χ2n) is 7.81. The van der Waals surface area contributed by atoms with Gasteiger partial charge in [0, 0.05) is 44.6 Å². The second-order valence-corrected chi connectivity index (χ2v) is 8.79. The van der Waals surface area contributed by atoms with E-state index in [1.54, 1.807) is 0 Å². The summed E-state index contributed by atoms with van der Waals surface area (Å²) in [4.78, 5) is 10.9. The maximum atomic E-state index is 5.57. The van der Waals surface area contributed by atoms with Crippen LogP contribution in [0.5, 0.6) is 0 Å². The first-order chi connectivity index (χ1) is 14.8. The van der Waals surface area contributed by atoms with Gasteiger partial charge < -0.3 is 15.0 Å². The number of aliphatic imine (C=N–C) groups is 1. The zero-order chi connectivity index (χ0) is 20.6. The number of hydrogen-bond donors (Lipinski definition) is 1. The van der Waals surface area contributed by atoms with Crippen LogP contribution in [-0.2, 0) is 4.74 Å². The van der Waals surface area contributed by atoms with E-state index in [2.05, 4.69) is 74.0 Å². The predicted molar refractivity (Wildman–Crippen MR) is 141 cm³/mol. The predicted octanol–water partition coefficient (Wildman–Crippen LogP) is 4.49. The molecule has 1 aromatic heterocycles. The molecule has 1 atom stereocenters. The molecule has 2 fully saturated rings. The van der Waals surface area contributed by atoms with Crippen molar-refractivity contribution in [1.29, 1.82) is 0 Å². The summed E-state index contributed by atoms with van der Waals surface area (Å²) in [6.45, 7) is 6.51. The van der Waals surface area contributed by atoms with Crippen molar-refractivity contribution in [3.63, 3.8) is 0 Å². The van der Waals surface area contributed by atoms with E-state index in [1.807, 2.05) is 18.4 Å². The lowest BCUT2D eigenvalue weighted by molar-refractivity contribution is 0.0176. The van der Waals surface area contributed by atoms with Gasteiger partial charge >= 0.3 is 0 Å². The number of ether oxygens (including phenoxy) is 1. The molecule has 7 heteroatoms. The molecule has 2 aliphatic heterocycles. The number of nitrogens with one attached hydrogen (secondary N) is 1. The minimum Gasteiger partial charge on any atom is -0.379 e. The van der Waals surface area contributed by atoms with Crippen molar-refractivity contribution in [1.82, 2.24) is 15.1 Å². The Balaban J connectivity index is 0.00000272. The molecule has 31 heavy (non-hydrogen) atoms. The normalized spacial score (nSPS) is 18.9. The van der Waals surface area contributed by atoms with Crippen LogP contribution in [0.25, 0.3) is 6.08 Å². The van der Waals surface area contributed by atoms with Crippen LogP contribution in [0.2, 0.25) is 0 Å². The van der Waals surface area contributed by atoms with Crippen molar-refractivity contribution in [2.45, 2.75) is 18.9 Å². The van der Waals surface area contributed by atoms with Gasteiger partial charge in [-0.15, -0.1) is 35.3 Å². The largest absolute Gasteiger partial charge is 0.379 e. The Morgan fingerprint density at radius 1 is 1.10 bits per heavy atom. The maximum absolute atomic E-state index is 5.57. The van der Waals surface area contributed by atoms with Gasteiger partial charge in [0.2, 0.25) is 0 Å². The highest BCUT2D eigenvalue weighted by atomic mass is 127. The van der Waals surface area contributed by atoms with E-state index in [1.165, 1.54) is 16.0 Å². The van der Waals surface area contributed by atoms with Gasteiger partial charge in [-0.25, -0.2) is 0 Å². The summed E-state index contributed by atoms with van der Waals surface area (Å²) in [5.41, 5.74) is 2.82. The highest BCUT2D eigenvalue weighted by Gasteiger charge is 2.25. The van der Waals surface area contributed by atoms with Crippen LogP contribution < -0.4 is 5.32 Å². The second kappa shape index (κ2) is 12.6. The molecular formula is C24H33IN4OS. The molecule has 0 amide bonds. The Morgan fingerprint density at radius 2 is 1.84 bits per heavy atom. The van der Waals surface area contributed by atoms with Gasteiger partial charge in [-0.1, -0.05) is 48.0 Å². The maximum Gasteiger partial charge on any atom is 0.193 e. The van der Waals surface area contributed by atoms with Gasteiger partial charge in [-0.05, 0) is 29.9 Å². The molecule has 3 heterocycles. The number of hydrogen-bond acceptors (Lipinski definition) is 4. The first-order valence-corrected chi connectivity index (χ1v) is 11.8. The first-order valence-electron chi connectivity index (χ1n) is 10.9. The number of halogens is 1. The van der Waals surface area contributed by atoms with E-state index < -0.39 is 0 Å². The third-order valence-corrected chi connectivity index (χ3v) is 6.87. The van der Waals surface area contributed by atoms with Crippen LogP contribution in [0.4, 0.5) is 0 Å². The third kappa shape index (κ3) is 6.78. The SMILES string of the molecule is CN=C(NCC(c1cccs1)N1CCOCC1)N1CCC(=Cc2ccccc2)CC1.I. The molecule has 2 aliphatic rings. The number of rotatable bonds is 5. The lowest BCUT2D eigenvalue weighted by Crippen LogP contribution is -2.48. The summed E-state index contributed by atoms with van der Waals surface area (Å²) >= 11 is 1.84. The topological polar surface area (TPSA) is 40.1 Å². The summed E-state index contributed by atoms with van der Waals surface area (Å²) in [6.07, 6.45) is 4.53. The van der Waals surface area contributed by atoms with Crippen LogP contribution in [0.15, 0.2) is 58.4 Å². The van der Waals surface area contributed by atoms with Crippen molar-refractivity contribution < 1.29 is 4.74 Å². The van der Waals surface area contributed by atoms with E-state index in [-0.39, 0.29) is 24.0 Å². The molecule has 0 saturated carbocycles. The number of nitrogens with zero attached hydrogens (tertiary/aromatic N) is 3. The summed E-state index contributed by atoms with van der Waals surface area (Å²) in [7, 11) is 1.90. The highest BCUT2D eigenvalue weighted by Crippen LogP contribution is 2.26. The van der Waals surface area contributed by atoms with Crippen LogP contribution in [0.1, 0.15) is 29.3 Å². The van der Waals surface area contributed by atoms with Crippen LogP contribution in [0, 0.1) is 0 Å². The number of likely N-dealkylation sites (tertiary alicyclic amines) is 1. The molecule has 168 valence electrons. The number of benzene rings is 1. The Hall–Kier alpha value is -1.42. The minimum atomic E-state index is 0. The molecule has 1 aromatic carbocycles. The fourth-order valence-electron chi connectivity index (χ4n) is 4.23. The van der Waals surface area contributed by atoms with Crippen molar-refractivity contribution >= 4 is 47.3 Å². The van der Waals surface area contributed by atoms with E-state index in [0.717, 1.165) is 64.7 Å². The molecule has 2 saturated heterocycles. The average Bonchev–Trinajstić information content (AvgIpc) is 3.33. The van der Waals surface area contributed by atoms with Crippen molar-refractivity contribution in [2.75, 3.05) is 53.0 Å². The van der Waals surface area contributed by atoms with Crippen molar-refractivity contribution in [2.24, 2.45) is 4.99 Å². The molecule has 4 rings (SSSR count). The summed E-state index contributed by atoms with van der Waals surface area (Å²) < 4.78 is 5.57. The summed E-state index contributed by atoms with van der Waals surface area (Å²) in [5.74, 6) is 1.02. The van der Waals surface area contributed by atoms with Gasteiger partial charge in [0.1, 0.15) is 0 Å². The third-order valence-electron chi connectivity index (χ3n) is 5.90. The molecule has 1 N–H and O–H groups in total. The molecule has 5 nitrogen and oxygen atoms in total. The van der Waals surface area contributed by atoms with Crippen LogP contribution in [0.3, 0.4) is 0 Å². The number of guanidine groups is 1. The minimum absolute atomic E-state index is 0. The molecule has 0 radical (unpaired) electrons. The van der Waals surface area contributed by atoms with E-state index in [9.17, 15) is 0 Å². The first kappa shape index (κ1) is 24.2. The van der Waals surface area contributed by atoms with Crippen molar-refractivity contribution in [3.8, 4) is 0 Å². The van der Waals surface area contributed by atoms with Crippen LogP contribution in [-0.4, -0.2) is 68.7 Å². The monoisotopic (exact) mass is 552 g/mol. The molecule has 1 unspecified atom stereocenters. The fourth-order valence-corrected chi connectivity index (χ4v) is 5.10. The van der Waals surface area contributed by atoms with Gasteiger partial charge in [0.25, 0.3) is 0 Å². The standard InChI is InChI=1S/C24H32N4OS.HI/c1-25-24(28-11-9-21(10-12-28)18-20-6-3-2-4-7-20)26-19-22(23-8-5-17-30-23)27-13-15-29-16-14-27;/h2-8,17-18,22H,9-16,19H2,1H3,(H,25,26);1H. The molecule has 0 aliphatic carbocycles. The molecule has 0 bridgehead atoms. The zero-order valence-electron chi connectivity index (χ0n) is 18.2. The fraction of sp³-hybridized carbons (Fsp3) is 0.458. The Morgan fingerprint density at radius 3 is 2.48 bits per heavy atom. The number of piperidine rings is 1. The quantitative estimate of drug-likeness (QED) is 0.337. The Bertz CT molecular complexity index is 825. The van der Waals surface area contributed by atoms with Crippen LogP contribution >= 0.6 is 35.3 Å². The highest BCUT2D eigenvalue weighted by molar-refractivity contribution is 14.0. The summed E-state index contributed by atoms with van der Waals surface area (Å²) in [6, 6.07) is 15.4. The Kier molecular flexibility index (Phi) is 9.83. The average molecular weight is 553 g/mol. The lowest BCUT2D eigenvalue weighted by atomic mass is 10.0. The van der Waals surface area contributed by atoms with Gasteiger partial charge in [0.15, 0.2) is 5.96 Å². The summed E-state index contributed by atoms with van der Waals surface area (Å²) in [5, 5.41) is 5.84. The van der Waals surface area contributed by atoms with E-state index in [0.29, 0.717) is 6.04 Å². The lowest BCUT2D eigenvalue weighted by Gasteiger charge is -2.36. The van der Waals surface area contributed by atoms with E-state index >= 15 is 0 Å². The van der Waals surface area contributed by atoms with Gasteiger partial charge in [0.05, 0.1) is 19.3 Å². The zero-order valence-corrected chi connectivity index (χ0v) is 21.4. The van der Waals surface area contributed by atoms with Gasteiger partial charge in [-0.3, -0.25) is 9.89 Å². The Labute approximate surface area is 207 Å². The van der Waals surface area contributed by atoms with Crippen molar-refractivity contribution in [3.05, 3.63) is 63.9 Å². The smallest absolute Gasteiger partial charge is 0.193 e. The number of thiophene rings is 1. The molecular weight excluding hydrogens is 519 g/mol. The van der Waals surface area contributed by atoms with E-state index in [4.69, 9.17) is 4.74 Å². The van der Waals surface area contributed by atoms with Gasteiger partial charge in [-0.2, -0.15) is 0 Å². The number of morpholine rings is 1. The molecule has 0 spiro atoms. The molecule has 2 aromatic rings.